The summed E-state index contributed by atoms with van der Waals surface area (Å²) in [6.45, 7) is 0.885. The molecule has 0 aliphatic heterocycles. The number of fused-ring (bicyclic) bond motifs is 1. The zero-order chi connectivity index (χ0) is 17.2. The quantitative estimate of drug-likeness (QED) is 0.650. The number of aromatic amines is 1. The molecule has 0 radical (unpaired) electrons. The second-order valence-corrected chi connectivity index (χ2v) is 8.05. The molecule has 0 fully saturated rings. The van der Waals surface area contributed by atoms with Crippen LogP contribution in [0.3, 0.4) is 0 Å². The Kier molecular flexibility index (Phi) is 4.64. The van der Waals surface area contributed by atoms with E-state index in [4.69, 9.17) is 0 Å². The van der Waals surface area contributed by atoms with E-state index in [1.54, 1.807) is 11.3 Å². The minimum atomic E-state index is 0.678. The molecule has 1 aliphatic carbocycles. The topological polar surface area (TPSA) is 31.1 Å². The highest BCUT2D eigenvalue weighted by molar-refractivity contribution is 7.09. The van der Waals surface area contributed by atoms with Crippen molar-refractivity contribution in [2.45, 2.75) is 31.8 Å². The highest BCUT2D eigenvalue weighted by atomic mass is 32.1. The highest BCUT2D eigenvalue weighted by Gasteiger charge is 2.18. The molecule has 4 heteroatoms. The number of allylic oxidation sites excluding steroid dienone is 1. The van der Waals surface area contributed by atoms with Crippen LogP contribution in [0.25, 0.3) is 16.5 Å². The van der Waals surface area contributed by atoms with Crippen LogP contribution in [0.4, 0.5) is 5.69 Å². The minimum absolute atomic E-state index is 0.678. The van der Waals surface area contributed by atoms with Crippen LogP contribution in [0, 0.1) is 0 Å². The summed E-state index contributed by atoms with van der Waals surface area (Å²) < 4.78 is 0. The number of benzene rings is 1. The van der Waals surface area contributed by atoms with E-state index in [1.807, 2.05) is 0 Å². The maximum absolute atomic E-state index is 3.55. The van der Waals surface area contributed by atoms with Crippen LogP contribution in [-0.2, 0) is 6.54 Å². The van der Waals surface area contributed by atoms with Crippen LogP contribution in [-0.4, -0.2) is 30.0 Å². The van der Waals surface area contributed by atoms with Gasteiger partial charge in [0.05, 0.1) is 0 Å². The Hall–Kier alpha value is -2.04. The van der Waals surface area contributed by atoms with Crippen molar-refractivity contribution in [3.8, 4) is 0 Å². The van der Waals surface area contributed by atoms with E-state index in [1.165, 1.54) is 39.0 Å². The molecule has 0 saturated carbocycles. The van der Waals surface area contributed by atoms with Crippen molar-refractivity contribution in [1.82, 2.24) is 9.88 Å². The van der Waals surface area contributed by atoms with Crippen molar-refractivity contribution in [2.24, 2.45) is 0 Å². The van der Waals surface area contributed by atoms with E-state index in [0.717, 1.165) is 19.4 Å². The van der Waals surface area contributed by atoms with Crippen LogP contribution in [0.15, 0.2) is 48.0 Å². The SMILES string of the molecule is CN(C)C1CC=C(c2c[nH]c3ccc(NCc4cccs4)cc23)CC1. The maximum Gasteiger partial charge on any atom is 0.0494 e. The molecule has 1 unspecified atom stereocenters. The molecule has 130 valence electrons. The Balaban J connectivity index is 1.56. The number of rotatable bonds is 5. The van der Waals surface area contributed by atoms with E-state index in [0.29, 0.717) is 6.04 Å². The lowest BCUT2D eigenvalue weighted by molar-refractivity contribution is 0.278. The van der Waals surface area contributed by atoms with Crippen LogP contribution in [0.5, 0.6) is 0 Å². The summed E-state index contributed by atoms with van der Waals surface area (Å²) in [7, 11) is 4.36. The first-order valence-corrected chi connectivity index (χ1v) is 9.82. The molecule has 0 saturated heterocycles. The van der Waals surface area contributed by atoms with Crippen LogP contribution in [0.1, 0.15) is 29.7 Å². The minimum Gasteiger partial charge on any atom is -0.380 e. The summed E-state index contributed by atoms with van der Waals surface area (Å²) in [6, 6.07) is 11.6. The number of aromatic nitrogens is 1. The Labute approximate surface area is 153 Å². The molecule has 3 nitrogen and oxygen atoms in total. The summed E-state index contributed by atoms with van der Waals surface area (Å²) in [5.41, 5.74) is 5.25. The van der Waals surface area contributed by atoms with Crippen molar-refractivity contribution in [2.75, 3.05) is 19.4 Å². The molecule has 0 bridgehead atoms. The lowest BCUT2D eigenvalue weighted by Gasteiger charge is -2.27. The number of H-pyrrole nitrogens is 1. The van der Waals surface area contributed by atoms with E-state index >= 15 is 0 Å². The zero-order valence-corrected chi connectivity index (χ0v) is 15.7. The molecule has 4 rings (SSSR count). The van der Waals surface area contributed by atoms with Gasteiger partial charge in [-0.1, -0.05) is 12.1 Å². The lowest BCUT2D eigenvalue weighted by atomic mass is 9.90. The molecule has 1 aromatic carbocycles. The summed E-state index contributed by atoms with van der Waals surface area (Å²) in [4.78, 5) is 7.14. The highest BCUT2D eigenvalue weighted by Crippen LogP contribution is 2.34. The first-order chi connectivity index (χ1) is 12.2. The van der Waals surface area contributed by atoms with Gasteiger partial charge in [0.15, 0.2) is 0 Å². The van der Waals surface area contributed by atoms with Gasteiger partial charge in [-0.05, 0) is 68.6 Å². The van der Waals surface area contributed by atoms with Gasteiger partial charge in [0, 0.05) is 45.8 Å². The summed E-state index contributed by atoms with van der Waals surface area (Å²) in [6.07, 6.45) is 8.15. The van der Waals surface area contributed by atoms with Gasteiger partial charge < -0.3 is 15.2 Å². The molecule has 2 N–H and O–H groups in total. The number of anilines is 1. The van der Waals surface area contributed by atoms with Gasteiger partial charge in [0.25, 0.3) is 0 Å². The molecular formula is C21H25N3S. The third kappa shape index (κ3) is 3.51. The first kappa shape index (κ1) is 16.4. The summed E-state index contributed by atoms with van der Waals surface area (Å²) >= 11 is 1.79. The number of nitrogens with zero attached hydrogens (tertiary/aromatic N) is 1. The number of nitrogens with one attached hydrogen (secondary N) is 2. The summed E-state index contributed by atoms with van der Waals surface area (Å²) in [5, 5.41) is 7.00. The van der Waals surface area contributed by atoms with Gasteiger partial charge in [-0.15, -0.1) is 11.3 Å². The number of hydrogen-bond acceptors (Lipinski definition) is 3. The molecule has 25 heavy (non-hydrogen) atoms. The van der Waals surface area contributed by atoms with Gasteiger partial charge in [-0.25, -0.2) is 0 Å². The first-order valence-electron chi connectivity index (χ1n) is 8.94. The Morgan fingerprint density at radius 3 is 2.92 bits per heavy atom. The Bertz CT molecular complexity index is 874. The van der Waals surface area contributed by atoms with Gasteiger partial charge in [0.1, 0.15) is 0 Å². The fraction of sp³-hybridized carbons (Fsp3) is 0.333. The van der Waals surface area contributed by atoms with Gasteiger partial charge >= 0.3 is 0 Å². The molecule has 2 aromatic heterocycles. The van der Waals surface area contributed by atoms with Crippen LogP contribution in [0.2, 0.25) is 0 Å². The normalized spacial score (nSPS) is 17.9. The monoisotopic (exact) mass is 351 g/mol. The van der Waals surface area contributed by atoms with E-state index in [9.17, 15) is 0 Å². The van der Waals surface area contributed by atoms with Crippen LogP contribution >= 0.6 is 11.3 Å². The van der Waals surface area contributed by atoms with E-state index in [2.05, 4.69) is 77.3 Å². The second-order valence-electron chi connectivity index (χ2n) is 7.02. The fourth-order valence-electron chi connectivity index (χ4n) is 3.63. The predicted molar refractivity (Wildman–Crippen MR) is 109 cm³/mol. The molecule has 1 atom stereocenters. The van der Waals surface area contributed by atoms with Gasteiger partial charge in [-0.2, -0.15) is 0 Å². The second kappa shape index (κ2) is 7.06. The lowest BCUT2D eigenvalue weighted by Crippen LogP contribution is -2.28. The predicted octanol–water partition coefficient (Wildman–Crippen LogP) is 5.34. The standard InChI is InChI=1S/C21H25N3S/c1-24(2)17-8-5-15(6-9-17)20-14-23-21-10-7-16(12-19(20)21)22-13-18-4-3-11-25-18/h3-5,7,10-12,14,17,22-23H,6,8-9,13H2,1-2H3. The molecule has 1 aliphatic rings. The summed E-state index contributed by atoms with van der Waals surface area (Å²) in [5.74, 6) is 0. The van der Waals surface area contributed by atoms with E-state index < -0.39 is 0 Å². The molecule has 2 heterocycles. The maximum atomic E-state index is 3.55. The van der Waals surface area contributed by atoms with Crippen molar-refractivity contribution in [1.29, 1.82) is 0 Å². The molecule has 0 spiro atoms. The zero-order valence-electron chi connectivity index (χ0n) is 14.9. The van der Waals surface area contributed by atoms with Crippen molar-refractivity contribution >= 4 is 33.5 Å². The van der Waals surface area contributed by atoms with Crippen molar-refractivity contribution < 1.29 is 0 Å². The van der Waals surface area contributed by atoms with Crippen molar-refractivity contribution in [3.05, 3.63) is 58.4 Å². The third-order valence-corrected chi connectivity index (χ3v) is 6.06. The van der Waals surface area contributed by atoms with Gasteiger partial charge in [-0.3, -0.25) is 0 Å². The molecule has 3 aromatic rings. The van der Waals surface area contributed by atoms with Gasteiger partial charge in [0.2, 0.25) is 0 Å². The Morgan fingerprint density at radius 1 is 1.28 bits per heavy atom. The Morgan fingerprint density at radius 2 is 2.20 bits per heavy atom. The number of thiophene rings is 1. The molecule has 0 amide bonds. The average Bonchev–Trinajstić information content (AvgIpc) is 3.29. The fourth-order valence-corrected chi connectivity index (χ4v) is 4.28. The smallest absolute Gasteiger partial charge is 0.0494 e. The van der Waals surface area contributed by atoms with Crippen LogP contribution < -0.4 is 5.32 Å². The number of hydrogen-bond donors (Lipinski definition) is 2. The average molecular weight is 352 g/mol. The van der Waals surface area contributed by atoms with E-state index in [-0.39, 0.29) is 0 Å². The van der Waals surface area contributed by atoms with Crippen molar-refractivity contribution in [3.63, 3.8) is 0 Å². The largest absolute Gasteiger partial charge is 0.380 e. The third-order valence-electron chi connectivity index (χ3n) is 5.19. The molecular weight excluding hydrogens is 326 g/mol.